The molecular weight excluding hydrogens is 503 g/mol. The lowest BCUT2D eigenvalue weighted by Gasteiger charge is -2.19. The van der Waals surface area contributed by atoms with Gasteiger partial charge in [0.1, 0.15) is 11.6 Å². The van der Waals surface area contributed by atoms with Gasteiger partial charge in [0, 0.05) is 19.7 Å². The summed E-state index contributed by atoms with van der Waals surface area (Å²) in [5.74, 6) is -0.183. The number of amides is 1. The van der Waals surface area contributed by atoms with Gasteiger partial charge in [0.15, 0.2) is 0 Å². The van der Waals surface area contributed by atoms with Crippen molar-refractivity contribution in [3.63, 3.8) is 0 Å². The highest BCUT2D eigenvalue weighted by Crippen LogP contribution is 2.35. The minimum atomic E-state index is -4.89. The second kappa shape index (κ2) is 10.6. The van der Waals surface area contributed by atoms with Crippen LogP contribution >= 0.6 is 0 Å². The van der Waals surface area contributed by atoms with E-state index in [1.54, 1.807) is 62.6 Å². The van der Waals surface area contributed by atoms with Gasteiger partial charge in [-0.3, -0.25) is 9.59 Å². The molecule has 1 amide bonds. The molecule has 1 aromatic heterocycles. The minimum Gasteiger partial charge on any atom is -0.345 e. The Morgan fingerprint density at radius 1 is 0.923 bits per heavy atom. The molecule has 5 nitrogen and oxygen atoms in total. The molecule has 0 saturated carbocycles. The zero-order chi connectivity index (χ0) is 28.5. The highest BCUT2D eigenvalue weighted by molar-refractivity contribution is 5.95. The van der Waals surface area contributed by atoms with Crippen molar-refractivity contribution in [1.29, 1.82) is 5.26 Å². The van der Waals surface area contributed by atoms with Gasteiger partial charge >= 0.3 is 6.18 Å². The number of hydrogen-bond donors (Lipinski definition) is 0. The number of rotatable bonds is 5. The first kappa shape index (κ1) is 27.4. The van der Waals surface area contributed by atoms with E-state index in [1.165, 1.54) is 15.5 Å². The number of nitrogens with zero attached hydrogens (tertiary/aromatic N) is 3. The van der Waals surface area contributed by atoms with Gasteiger partial charge in [-0.05, 0) is 65.9 Å². The number of aromatic nitrogens is 1. The predicted molar refractivity (Wildman–Crippen MR) is 144 cm³/mol. The molecule has 4 rings (SSSR count). The van der Waals surface area contributed by atoms with E-state index in [4.69, 9.17) is 0 Å². The Labute approximate surface area is 224 Å². The Balaban J connectivity index is 1.94. The van der Waals surface area contributed by atoms with E-state index in [0.717, 1.165) is 22.8 Å². The summed E-state index contributed by atoms with van der Waals surface area (Å²) in [5, 5.41) is 9.51. The highest BCUT2D eigenvalue weighted by atomic mass is 19.4. The lowest BCUT2D eigenvalue weighted by molar-refractivity contribution is -0.137. The summed E-state index contributed by atoms with van der Waals surface area (Å²) in [6.07, 6.45) is -4.89. The maximum Gasteiger partial charge on any atom is 0.417 e. The smallest absolute Gasteiger partial charge is 0.345 e. The second-order valence-corrected chi connectivity index (χ2v) is 9.61. The first-order valence-electron chi connectivity index (χ1n) is 12.1. The molecule has 0 aliphatic rings. The van der Waals surface area contributed by atoms with Gasteiger partial charge in [0.05, 0.1) is 17.8 Å². The Bertz CT molecular complexity index is 1680. The van der Waals surface area contributed by atoms with Crippen LogP contribution < -0.4 is 5.56 Å². The van der Waals surface area contributed by atoms with Gasteiger partial charge in [-0.2, -0.15) is 18.4 Å². The van der Waals surface area contributed by atoms with Gasteiger partial charge in [-0.15, -0.1) is 0 Å². The van der Waals surface area contributed by atoms with Crippen molar-refractivity contribution in [2.75, 3.05) is 14.1 Å². The van der Waals surface area contributed by atoms with Crippen molar-refractivity contribution < 1.29 is 18.0 Å². The zero-order valence-corrected chi connectivity index (χ0v) is 21.9. The number of benzene rings is 3. The molecule has 0 fully saturated rings. The molecule has 1 heterocycles. The van der Waals surface area contributed by atoms with E-state index in [1.807, 2.05) is 32.0 Å². The molecule has 3 aromatic carbocycles. The molecule has 39 heavy (non-hydrogen) atoms. The van der Waals surface area contributed by atoms with Gasteiger partial charge in [-0.25, -0.2) is 0 Å². The largest absolute Gasteiger partial charge is 0.417 e. The highest BCUT2D eigenvalue weighted by Gasteiger charge is 2.36. The molecule has 0 N–H and O–H groups in total. The van der Waals surface area contributed by atoms with Crippen LogP contribution in [0, 0.1) is 25.2 Å². The summed E-state index contributed by atoms with van der Waals surface area (Å²) < 4.78 is 43.1. The van der Waals surface area contributed by atoms with Crippen molar-refractivity contribution in [2.24, 2.45) is 0 Å². The third-order valence-electron chi connectivity index (χ3n) is 6.55. The fourth-order valence-corrected chi connectivity index (χ4v) is 4.52. The van der Waals surface area contributed by atoms with Gasteiger partial charge < -0.3 is 9.47 Å². The molecular formula is C31H26F3N3O2. The summed E-state index contributed by atoms with van der Waals surface area (Å²) in [4.78, 5) is 27.3. The number of halogens is 3. The van der Waals surface area contributed by atoms with Crippen LogP contribution in [0.5, 0.6) is 0 Å². The van der Waals surface area contributed by atoms with Crippen molar-refractivity contribution in [2.45, 2.75) is 26.6 Å². The van der Waals surface area contributed by atoms with Crippen LogP contribution in [0.3, 0.4) is 0 Å². The molecule has 0 aliphatic carbocycles. The monoisotopic (exact) mass is 529 g/mol. The quantitative estimate of drug-likeness (QED) is 0.299. The predicted octanol–water partition coefficient (Wildman–Crippen LogP) is 6.44. The van der Waals surface area contributed by atoms with Crippen LogP contribution in [0.1, 0.15) is 38.2 Å². The lowest BCUT2D eigenvalue weighted by Crippen LogP contribution is -2.29. The van der Waals surface area contributed by atoms with Crippen molar-refractivity contribution in [3.8, 4) is 28.5 Å². The molecule has 198 valence electrons. The van der Waals surface area contributed by atoms with E-state index < -0.39 is 22.9 Å². The van der Waals surface area contributed by atoms with Crippen LogP contribution in [0.2, 0.25) is 0 Å². The SMILES string of the molecule is Cc1ccc(Cn2c(-c3cccc(-c4cccc(C(=O)N(C)C)c4)c3)cc(C(F)(F)F)c(C#N)c2=O)c(C)c1. The van der Waals surface area contributed by atoms with E-state index in [-0.39, 0.29) is 18.1 Å². The number of hydrogen-bond acceptors (Lipinski definition) is 3. The standard InChI is InChI=1S/C31H26F3N3O2/c1-19-11-12-25(20(2)13-19)18-37-28(16-27(31(32,33)34)26(17-35)30(37)39)23-9-5-7-21(14-23)22-8-6-10-24(15-22)29(38)36(3)4/h5-16H,18H2,1-4H3. The number of aryl methyl sites for hydroxylation is 2. The number of carbonyl (C=O) groups excluding carboxylic acids is 1. The van der Waals surface area contributed by atoms with Gasteiger partial charge in [0.25, 0.3) is 11.5 Å². The molecule has 0 saturated heterocycles. The Kier molecular flexibility index (Phi) is 7.46. The third-order valence-corrected chi connectivity index (χ3v) is 6.55. The van der Waals surface area contributed by atoms with Crippen LogP contribution in [0.25, 0.3) is 22.4 Å². The molecule has 0 atom stereocenters. The average Bonchev–Trinajstić information content (AvgIpc) is 2.89. The molecule has 0 unspecified atom stereocenters. The zero-order valence-electron chi connectivity index (χ0n) is 21.9. The van der Waals surface area contributed by atoms with Gasteiger partial charge in [0.2, 0.25) is 0 Å². The molecule has 0 spiro atoms. The Morgan fingerprint density at radius 3 is 2.18 bits per heavy atom. The molecule has 0 radical (unpaired) electrons. The maximum atomic E-state index is 14.0. The fraction of sp³-hybridized carbons (Fsp3) is 0.194. The molecule has 4 aromatic rings. The minimum absolute atomic E-state index is 0.00978. The van der Waals surface area contributed by atoms with Crippen LogP contribution in [0.4, 0.5) is 13.2 Å². The summed E-state index contributed by atoms with van der Waals surface area (Å²) in [6.45, 7) is 3.78. The van der Waals surface area contributed by atoms with Gasteiger partial charge in [-0.1, -0.05) is 54.1 Å². The first-order valence-corrected chi connectivity index (χ1v) is 12.1. The molecule has 0 aliphatic heterocycles. The van der Waals surface area contributed by atoms with Crippen LogP contribution in [0.15, 0.2) is 77.6 Å². The van der Waals surface area contributed by atoms with E-state index in [9.17, 15) is 28.0 Å². The lowest BCUT2D eigenvalue weighted by atomic mass is 9.97. The van der Waals surface area contributed by atoms with Crippen LogP contribution in [-0.2, 0) is 12.7 Å². The second-order valence-electron chi connectivity index (χ2n) is 9.61. The van der Waals surface area contributed by atoms with Crippen LogP contribution in [-0.4, -0.2) is 29.5 Å². The van der Waals surface area contributed by atoms with Crippen molar-refractivity contribution in [3.05, 3.63) is 117 Å². The number of alkyl halides is 3. The number of nitriles is 1. The number of carbonyl (C=O) groups is 1. The van der Waals surface area contributed by atoms with Crippen molar-refractivity contribution >= 4 is 5.91 Å². The topological polar surface area (TPSA) is 66.1 Å². The average molecular weight is 530 g/mol. The van der Waals surface area contributed by atoms with Crippen molar-refractivity contribution in [1.82, 2.24) is 9.47 Å². The van der Waals surface area contributed by atoms with E-state index in [2.05, 4.69) is 0 Å². The fourth-order valence-electron chi connectivity index (χ4n) is 4.52. The maximum absolute atomic E-state index is 14.0. The third kappa shape index (κ3) is 5.63. The summed E-state index contributed by atoms with van der Waals surface area (Å²) in [5.41, 5.74) is 1.63. The molecule has 0 bridgehead atoms. The summed E-state index contributed by atoms with van der Waals surface area (Å²) in [7, 11) is 3.29. The first-order chi connectivity index (χ1) is 18.4. The van der Waals surface area contributed by atoms with E-state index >= 15 is 0 Å². The summed E-state index contributed by atoms with van der Waals surface area (Å²) in [6, 6.07) is 21.7. The Hall–Kier alpha value is -4.64. The number of pyridine rings is 1. The Morgan fingerprint density at radius 2 is 1.56 bits per heavy atom. The van der Waals surface area contributed by atoms with E-state index in [0.29, 0.717) is 22.3 Å². The molecule has 8 heteroatoms. The normalized spacial score (nSPS) is 11.2. The summed E-state index contributed by atoms with van der Waals surface area (Å²) >= 11 is 0.